The summed E-state index contributed by atoms with van der Waals surface area (Å²) in [6, 6.07) is 8.04. The highest BCUT2D eigenvalue weighted by molar-refractivity contribution is 5.25. The lowest BCUT2D eigenvalue weighted by atomic mass is 9.93. The topological polar surface area (TPSA) is 67.9 Å². The largest absolute Gasteiger partial charge is 0.382 e. The van der Waals surface area contributed by atoms with E-state index in [4.69, 9.17) is 5.73 Å². The second-order valence-corrected chi connectivity index (χ2v) is 6.07. The average molecular weight is 297 g/mol. The van der Waals surface area contributed by atoms with Gasteiger partial charge < -0.3 is 10.6 Å². The van der Waals surface area contributed by atoms with Crippen molar-refractivity contribution in [2.75, 3.05) is 25.4 Å². The second kappa shape index (κ2) is 7.31. The van der Waals surface area contributed by atoms with Crippen molar-refractivity contribution in [3.8, 4) is 0 Å². The first-order valence-corrected chi connectivity index (χ1v) is 7.99. The molecule has 0 saturated carbocycles. The van der Waals surface area contributed by atoms with E-state index in [9.17, 15) is 0 Å². The Labute approximate surface area is 131 Å². The third kappa shape index (κ3) is 4.24. The number of hydrogen-bond donors (Lipinski definition) is 1. The lowest BCUT2D eigenvalue weighted by Gasteiger charge is -2.32. The standard InChI is InChI=1S/C17H23N5/c18-17-4-3-16(20-21-17)12-15-2-1-10-22(13-15)11-7-14-5-8-19-9-6-14/h3-6,8-9,15H,1-2,7,10-13H2,(H2,18,21)/t15-/m1/s1. The minimum absolute atomic E-state index is 0.492. The Morgan fingerprint density at radius 3 is 2.77 bits per heavy atom. The van der Waals surface area contributed by atoms with Gasteiger partial charge in [0.05, 0.1) is 5.69 Å². The Kier molecular flexibility index (Phi) is 4.96. The lowest BCUT2D eigenvalue weighted by molar-refractivity contribution is 0.175. The third-order valence-corrected chi connectivity index (χ3v) is 4.31. The van der Waals surface area contributed by atoms with Crippen LogP contribution in [0.4, 0.5) is 5.82 Å². The van der Waals surface area contributed by atoms with Crippen molar-refractivity contribution in [1.29, 1.82) is 0 Å². The van der Waals surface area contributed by atoms with E-state index in [0.717, 1.165) is 31.6 Å². The van der Waals surface area contributed by atoms with Crippen LogP contribution in [0.1, 0.15) is 24.1 Å². The molecule has 1 atom stereocenters. The van der Waals surface area contributed by atoms with Crippen molar-refractivity contribution in [3.63, 3.8) is 0 Å². The number of nitrogen functional groups attached to an aromatic ring is 1. The number of pyridine rings is 1. The number of aromatic nitrogens is 3. The molecule has 22 heavy (non-hydrogen) atoms. The number of piperidine rings is 1. The highest BCUT2D eigenvalue weighted by Gasteiger charge is 2.20. The van der Waals surface area contributed by atoms with Crippen molar-refractivity contribution in [1.82, 2.24) is 20.1 Å². The summed E-state index contributed by atoms with van der Waals surface area (Å²) < 4.78 is 0. The van der Waals surface area contributed by atoms with Gasteiger partial charge in [-0.1, -0.05) is 0 Å². The van der Waals surface area contributed by atoms with Crippen LogP contribution in [-0.2, 0) is 12.8 Å². The van der Waals surface area contributed by atoms with Crippen LogP contribution in [0, 0.1) is 5.92 Å². The van der Waals surface area contributed by atoms with Gasteiger partial charge in [0.2, 0.25) is 0 Å². The maximum absolute atomic E-state index is 5.59. The van der Waals surface area contributed by atoms with Gasteiger partial charge in [-0.25, -0.2) is 0 Å². The van der Waals surface area contributed by atoms with Crippen LogP contribution >= 0.6 is 0 Å². The molecule has 0 bridgehead atoms. The average Bonchev–Trinajstić information content (AvgIpc) is 2.57. The molecule has 2 aromatic rings. The van der Waals surface area contributed by atoms with Crippen LogP contribution in [0.2, 0.25) is 0 Å². The molecule has 0 unspecified atom stereocenters. The summed E-state index contributed by atoms with van der Waals surface area (Å²) in [5, 5.41) is 8.14. The summed E-state index contributed by atoms with van der Waals surface area (Å²) in [7, 11) is 0. The van der Waals surface area contributed by atoms with E-state index in [1.165, 1.54) is 24.9 Å². The molecule has 0 radical (unpaired) electrons. The molecule has 3 heterocycles. The molecule has 1 saturated heterocycles. The number of nitrogens with zero attached hydrogens (tertiary/aromatic N) is 4. The first kappa shape index (κ1) is 14.9. The van der Waals surface area contributed by atoms with Gasteiger partial charge in [0.25, 0.3) is 0 Å². The fraction of sp³-hybridized carbons (Fsp3) is 0.471. The molecule has 2 N–H and O–H groups in total. The van der Waals surface area contributed by atoms with Crippen molar-refractivity contribution in [2.45, 2.75) is 25.7 Å². The zero-order valence-corrected chi connectivity index (χ0v) is 12.9. The SMILES string of the molecule is Nc1ccc(C[C@H]2CCCN(CCc3ccncc3)C2)nn1. The highest BCUT2D eigenvalue weighted by atomic mass is 15.1. The third-order valence-electron chi connectivity index (χ3n) is 4.31. The predicted molar refractivity (Wildman–Crippen MR) is 87.3 cm³/mol. The van der Waals surface area contributed by atoms with Gasteiger partial charge in [-0.05, 0) is 68.0 Å². The number of nitrogens with two attached hydrogens (primary N) is 1. The number of hydrogen-bond acceptors (Lipinski definition) is 5. The maximum atomic E-state index is 5.59. The van der Waals surface area contributed by atoms with Crippen LogP contribution in [0.5, 0.6) is 0 Å². The van der Waals surface area contributed by atoms with E-state index < -0.39 is 0 Å². The normalized spacial score (nSPS) is 19.2. The molecule has 3 rings (SSSR count). The first-order chi connectivity index (χ1) is 10.8. The summed E-state index contributed by atoms with van der Waals surface area (Å²) in [6.07, 6.45) is 8.37. The molecule has 1 aliphatic rings. The molecule has 5 nitrogen and oxygen atoms in total. The predicted octanol–water partition coefficient (Wildman–Crippen LogP) is 1.95. The zero-order chi connectivity index (χ0) is 15.2. The highest BCUT2D eigenvalue weighted by Crippen LogP contribution is 2.20. The van der Waals surface area contributed by atoms with Crippen molar-refractivity contribution >= 4 is 5.82 Å². The molecule has 1 aliphatic heterocycles. The van der Waals surface area contributed by atoms with E-state index in [1.807, 2.05) is 24.5 Å². The van der Waals surface area contributed by atoms with Gasteiger partial charge in [0.1, 0.15) is 5.82 Å². The molecule has 1 fully saturated rings. The monoisotopic (exact) mass is 297 g/mol. The van der Waals surface area contributed by atoms with Crippen LogP contribution < -0.4 is 5.73 Å². The summed E-state index contributed by atoms with van der Waals surface area (Å²) in [5.74, 6) is 1.16. The smallest absolute Gasteiger partial charge is 0.146 e. The van der Waals surface area contributed by atoms with Crippen LogP contribution in [0.25, 0.3) is 0 Å². The summed E-state index contributed by atoms with van der Waals surface area (Å²) in [6.45, 7) is 3.47. The van der Waals surface area contributed by atoms with Gasteiger partial charge >= 0.3 is 0 Å². The lowest BCUT2D eigenvalue weighted by Crippen LogP contribution is -2.37. The van der Waals surface area contributed by atoms with Crippen molar-refractivity contribution in [2.24, 2.45) is 5.92 Å². The second-order valence-electron chi connectivity index (χ2n) is 6.07. The van der Waals surface area contributed by atoms with E-state index >= 15 is 0 Å². The number of anilines is 1. The molecule has 0 amide bonds. The molecule has 2 aromatic heterocycles. The Hall–Kier alpha value is -2.01. The quantitative estimate of drug-likeness (QED) is 0.913. The molecule has 5 heteroatoms. The van der Waals surface area contributed by atoms with E-state index in [2.05, 4.69) is 32.2 Å². The molecule has 0 spiro atoms. The van der Waals surface area contributed by atoms with Gasteiger partial charge in [0.15, 0.2) is 0 Å². The van der Waals surface area contributed by atoms with Crippen LogP contribution in [0.15, 0.2) is 36.7 Å². The Bertz CT molecular complexity index is 569. The number of likely N-dealkylation sites (tertiary alicyclic amines) is 1. The maximum Gasteiger partial charge on any atom is 0.146 e. The van der Waals surface area contributed by atoms with E-state index in [1.54, 1.807) is 0 Å². The molecule has 0 aliphatic carbocycles. The fourth-order valence-corrected chi connectivity index (χ4v) is 3.13. The Morgan fingerprint density at radius 2 is 2.00 bits per heavy atom. The summed E-state index contributed by atoms with van der Waals surface area (Å²) >= 11 is 0. The van der Waals surface area contributed by atoms with Crippen molar-refractivity contribution in [3.05, 3.63) is 47.9 Å². The summed E-state index contributed by atoms with van der Waals surface area (Å²) in [4.78, 5) is 6.64. The first-order valence-electron chi connectivity index (χ1n) is 7.99. The van der Waals surface area contributed by atoms with Crippen LogP contribution in [0.3, 0.4) is 0 Å². The molecular formula is C17H23N5. The van der Waals surface area contributed by atoms with Crippen LogP contribution in [-0.4, -0.2) is 39.7 Å². The van der Waals surface area contributed by atoms with Crippen molar-refractivity contribution < 1.29 is 0 Å². The van der Waals surface area contributed by atoms with Gasteiger partial charge in [-0.3, -0.25) is 4.98 Å². The van der Waals surface area contributed by atoms with E-state index in [-0.39, 0.29) is 0 Å². The minimum Gasteiger partial charge on any atom is -0.382 e. The fourth-order valence-electron chi connectivity index (χ4n) is 3.13. The Balaban J connectivity index is 1.49. The zero-order valence-electron chi connectivity index (χ0n) is 12.9. The van der Waals surface area contributed by atoms with Gasteiger partial charge in [-0.15, -0.1) is 5.10 Å². The van der Waals surface area contributed by atoms with Gasteiger partial charge in [0, 0.05) is 25.5 Å². The summed E-state index contributed by atoms with van der Waals surface area (Å²) in [5.41, 5.74) is 8.00. The van der Waals surface area contributed by atoms with E-state index in [0.29, 0.717) is 11.7 Å². The number of rotatable bonds is 5. The molecule has 0 aromatic carbocycles. The molecule has 116 valence electrons. The van der Waals surface area contributed by atoms with Gasteiger partial charge in [-0.2, -0.15) is 5.10 Å². The molecular weight excluding hydrogens is 274 g/mol. The minimum atomic E-state index is 0.492. The Morgan fingerprint density at radius 1 is 1.14 bits per heavy atom.